The molecular formula is C25H30N6O3. The molecule has 0 unspecified atom stereocenters. The maximum Gasteiger partial charge on any atom is 0.410 e. The van der Waals surface area contributed by atoms with Gasteiger partial charge in [-0.1, -0.05) is 26.0 Å². The third-order valence-corrected chi connectivity index (χ3v) is 5.86. The molecule has 3 heterocycles. The number of ether oxygens (including phenoxy) is 1. The number of nitriles is 1. The minimum Gasteiger partial charge on any atom is -0.444 e. The fourth-order valence-corrected chi connectivity index (χ4v) is 4.19. The van der Waals surface area contributed by atoms with E-state index in [0.29, 0.717) is 48.6 Å². The SMILES string of the molecule is CC(C)c1c(-c2ccc(N3CCN(C(=O)OC(C)(C)C)CC3)cc2)[nH]c2c(C#N)cnn2c1=O. The molecule has 1 aliphatic rings. The highest BCUT2D eigenvalue weighted by Gasteiger charge is 2.26. The standard InChI is InChI=1S/C25H30N6O3/c1-16(2)20-21(28-22-18(14-26)15-27-31(22)23(20)32)17-6-8-19(9-7-17)29-10-12-30(13-11-29)24(33)34-25(3,4)5/h6-9,15-16,28H,10-13H2,1-5H3. The van der Waals surface area contributed by atoms with Gasteiger partial charge in [0, 0.05) is 37.4 Å². The van der Waals surface area contributed by atoms with Gasteiger partial charge in [-0.15, -0.1) is 0 Å². The largest absolute Gasteiger partial charge is 0.444 e. The second-order valence-corrected chi connectivity index (χ2v) is 9.81. The van der Waals surface area contributed by atoms with Crippen LogP contribution >= 0.6 is 0 Å². The summed E-state index contributed by atoms with van der Waals surface area (Å²) in [6, 6.07) is 10.1. The zero-order valence-electron chi connectivity index (χ0n) is 20.3. The Bertz CT molecular complexity index is 1300. The molecule has 9 nitrogen and oxygen atoms in total. The summed E-state index contributed by atoms with van der Waals surface area (Å²) in [6.45, 7) is 12.1. The quantitative estimate of drug-likeness (QED) is 0.635. The molecule has 34 heavy (non-hydrogen) atoms. The average Bonchev–Trinajstić information content (AvgIpc) is 3.21. The number of benzene rings is 1. The molecule has 1 aromatic carbocycles. The second kappa shape index (κ2) is 8.86. The third kappa shape index (κ3) is 4.49. The summed E-state index contributed by atoms with van der Waals surface area (Å²) in [7, 11) is 0. The minimum absolute atomic E-state index is 0.0292. The molecule has 1 N–H and O–H groups in total. The first kappa shape index (κ1) is 23.4. The molecule has 3 aromatic rings. The van der Waals surface area contributed by atoms with E-state index in [4.69, 9.17) is 4.74 Å². The van der Waals surface area contributed by atoms with Gasteiger partial charge in [0.1, 0.15) is 17.2 Å². The Hall–Kier alpha value is -3.80. The monoisotopic (exact) mass is 462 g/mol. The Morgan fingerprint density at radius 3 is 2.35 bits per heavy atom. The molecule has 0 radical (unpaired) electrons. The number of rotatable bonds is 3. The molecule has 0 saturated carbocycles. The zero-order chi connectivity index (χ0) is 24.6. The van der Waals surface area contributed by atoms with E-state index in [1.54, 1.807) is 4.90 Å². The highest BCUT2D eigenvalue weighted by atomic mass is 16.6. The summed E-state index contributed by atoms with van der Waals surface area (Å²) in [5.41, 5.74) is 3.23. The number of anilines is 1. The van der Waals surface area contributed by atoms with E-state index in [1.165, 1.54) is 10.7 Å². The van der Waals surface area contributed by atoms with Gasteiger partial charge < -0.3 is 19.5 Å². The molecule has 1 aliphatic heterocycles. The van der Waals surface area contributed by atoms with Crippen LogP contribution in [0.15, 0.2) is 35.3 Å². The van der Waals surface area contributed by atoms with E-state index < -0.39 is 5.60 Å². The highest BCUT2D eigenvalue weighted by Crippen LogP contribution is 2.28. The van der Waals surface area contributed by atoms with E-state index >= 15 is 0 Å². The van der Waals surface area contributed by atoms with Gasteiger partial charge in [0.2, 0.25) is 0 Å². The van der Waals surface area contributed by atoms with Crippen LogP contribution in [-0.2, 0) is 4.74 Å². The number of nitrogens with zero attached hydrogens (tertiary/aromatic N) is 5. The van der Waals surface area contributed by atoms with Gasteiger partial charge >= 0.3 is 6.09 Å². The number of fused-ring (bicyclic) bond motifs is 1. The maximum atomic E-state index is 13.1. The van der Waals surface area contributed by atoms with Gasteiger partial charge in [-0.25, -0.2) is 4.79 Å². The number of piperazine rings is 1. The average molecular weight is 463 g/mol. The number of nitrogens with one attached hydrogen (secondary N) is 1. The van der Waals surface area contributed by atoms with Gasteiger partial charge in [0.05, 0.1) is 11.9 Å². The number of aromatic nitrogens is 3. The van der Waals surface area contributed by atoms with Crippen molar-refractivity contribution in [1.82, 2.24) is 19.5 Å². The van der Waals surface area contributed by atoms with Crippen LogP contribution in [0.2, 0.25) is 0 Å². The zero-order valence-corrected chi connectivity index (χ0v) is 20.3. The van der Waals surface area contributed by atoms with Crippen molar-refractivity contribution in [3.63, 3.8) is 0 Å². The Balaban J connectivity index is 1.57. The van der Waals surface area contributed by atoms with Crippen molar-refractivity contribution in [2.75, 3.05) is 31.1 Å². The van der Waals surface area contributed by atoms with Crippen LogP contribution in [0.1, 0.15) is 51.7 Å². The first-order valence-corrected chi connectivity index (χ1v) is 11.5. The summed E-state index contributed by atoms with van der Waals surface area (Å²) in [5, 5.41) is 13.5. The number of hydrogen-bond donors (Lipinski definition) is 1. The van der Waals surface area contributed by atoms with Crippen molar-refractivity contribution < 1.29 is 9.53 Å². The van der Waals surface area contributed by atoms with Crippen LogP contribution in [0.25, 0.3) is 16.9 Å². The number of amides is 1. The van der Waals surface area contributed by atoms with Crippen LogP contribution in [0.4, 0.5) is 10.5 Å². The predicted octanol–water partition coefficient (Wildman–Crippen LogP) is 3.74. The number of H-pyrrole nitrogens is 1. The Labute approximate surface area is 198 Å². The smallest absolute Gasteiger partial charge is 0.410 e. The first-order valence-electron chi connectivity index (χ1n) is 11.5. The lowest BCUT2D eigenvalue weighted by Gasteiger charge is -2.36. The molecule has 4 rings (SSSR count). The van der Waals surface area contributed by atoms with Gasteiger partial charge in [-0.2, -0.15) is 14.9 Å². The molecular weight excluding hydrogens is 432 g/mol. The number of carbonyl (C=O) groups is 1. The molecule has 1 amide bonds. The maximum absolute atomic E-state index is 13.1. The van der Waals surface area contributed by atoms with Gasteiger partial charge in [-0.05, 0) is 44.4 Å². The number of carbonyl (C=O) groups excluding carboxylic acids is 1. The van der Waals surface area contributed by atoms with Crippen LogP contribution in [0.3, 0.4) is 0 Å². The molecule has 0 atom stereocenters. The minimum atomic E-state index is -0.506. The summed E-state index contributed by atoms with van der Waals surface area (Å²) in [4.78, 5) is 32.7. The van der Waals surface area contributed by atoms with E-state index in [9.17, 15) is 14.9 Å². The molecule has 178 valence electrons. The third-order valence-electron chi connectivity index (χ3n) is 5.86. The topological polar surface area (TPSA) is 107 Å². The van der Waals surface area contributed by atoms with Crippen LogP contribution in [0.5, 0.6) is 0 Å². The lowest BCUT2D eigenvalue weighted by molar-refractivity contribution is 0.0240. The normalized spacial score (nSPS) is 14.5. The van der Waals surface area contributed by atoms with Crippen LogP contribution in [-0.4, -0.2) is 57.4 Å². The van der Waals surface area contributed by atoms with E-state index in [1.807, 2.05) is 58.9 Å². The van der Waals surface area contributed by atoms with E-state index in [2.05, 4.69) is 21.1 Å². The molecule has 0 spiro atoms. The second-order valence-electron chi connectivity index (χ2n) is 9.81. The lowest BCUT2D eigenvalue weighted by Crippen LogP contribution is -2.50. The molecule has 0 bridgehead atoms. The van der Waals surface area contributed by atoms with E-state index in [0.717, 1.165) is 11.3 Å². The van der Waals surface area contributed by atoms with Crippen LogP contribution < -0.4 is 10.5 Å². The molecule has 1 saturated heterocycles. The summed E-state index contributed by atoms with van der Waals surface area (Å²) >= 11 is 0. The van der Waals surface area contributed by atoms with Crippen LogP contribution in [0, 0.1) is 11.3 Å². The molecule has 1 fully saturated rings. The molecule has 0 aliphatic carbocycles. The summed E-state index contributed by atoms with van der Waals surface area (Å²) < 4.78 is 6.74. The van der Waals surface area contributed by atoms with Crippen molar-refractivity contribution in [2.45, 2.75) is 46.1 Å². The van der Waals surface area contributed by atoms with Crippen molar-refractivity contribution in [1.29, 1.82) is 5.26 Å². The van der Waals surface area contributed by atoms with Gasteiger partial charge in [-0.3, -0.25) is 4.79 Å². The lowest BCUT2D eigenvalue weighted by atomic mass is 9.98. The highest BCUT2D eigenvalue weighted by molar-refractivity contribution is 5.71. The number of aromatic amines is 1. The fourth-order valence-electron chi connectivity index (χ4n) is 4.19. The molecule has 2 aromatic heterocycles. The van der Waals surface area contributed by atoms with E-state index in [-0.39, 0.29) is 17.6 Å². The Morgan fingerprint density at radius 2 is 1.79 bits per heavy atom. The van der Waals surface area contributed by atoms with Crippen molar-refractivity contribution in [3.05, 3.63) is 51.9 Å². The van der Waals surface area contributed by atoms with Crippen molar-refractivity contribution in [3.8, 4) is 17.3 Å². The first-order chi connectivity index (χ1) is 16.1. The van der Waals surface area contributed by atoms with Gasteiger partial charge in [0.25, 0.3) is 5.56 Å². The number of hydrogen-bond acceptors (Lipinski definition) is 6. The van der Waals surface area contributed by atoms with Gasteiger partial charge in [0.15, 0.2) is 5.65 Å². The van der Waals surface area contributed by atoms with Crippen molar-refractivity contribution in [2.24, 2.45) is 0 Å². The Kier molecular flexibility index (Phi) is 6.09. The predicted molar refractivity (Wildman–Crippen MR) is 130 cm³/mol. The molecule has 9 heteroatoms. The Morgan fingerprint density at radius 1 is 1.15 bits per heavy atom. The fraction of sp³-hybridized carbons (Fsp3) is 0.440. The summed E-state index contributed by atoms with van der Waals surface area (Å²) in [6.07, 6.45) is 1.13. The summed E-state index contributed by atoms with van der Waals surface area (Å²) in [5.74, 6) is -0.0292. The van der Waals surface area contributed by atoms with Crippen molar-refractivity contribution >= 4 is 17.4 Å².